The summed E-state index contributed by atoms with van der Waals surface area (Å²) in [6.45, 7) is 7.93. The van der Waals surface area contributed by atoms with Gasteiger partial charge in [0.05, 0.1) is 4.90 Å². The monoisotopic (exact) mass is 431 g/mol. The number of piperidine rings is 1. The van der Waals surface area contributed by atoms with Gasteiger partial charge in [0, 0.05) is 25.7 Å². The molecule has 2 aromatic rings. The predicted molar refractivity (Wildman–Crippen MR) is 120 cm³/mol. The number of likely N-dealkylation sites (tertiary alicyclic amines) is 1. The SMILES string of the molecule is CCCN(CCOc1ccc(S(N)(=O)=O)cc1)C1CCCN(Cc2ccccc2)C1. The Hall–Kier alpha value is -1.93. The van der Waals surface area contributed by atoms with Crippen LogP contribution in [0.3, 0.4) is 0 Å². The third kappa shape index (κ3) is 6.80. The van der Waals surface area contributed by atoms with Crippen LogP contribution in [0, 0.1) is 0 Å². The highest BCUT2D eigenvalue weighted by atomic mass is 32.2. The molecule has 0 aliphatic carbocycles. The maximum Gasteiger partial charge on any atom is 0.238 e. The lowest BCUT2D eigenvalue weighted by molar-refractivity contribution is 0.0815. The molecule has 0 aromatic heterocycles. The van der Waals surface area contributed by atoms with E-state index in [-0.39, 0.29) is 4.90 Å². The van der Waals surface area contributed by atoms with Crippen LogP contribution in [-0.2, 0) is 16.6 Å². The smallest absolute Gasteiger partial charge is 0.238 e. The number of rotatable bonds is 10. The molecular weight excluding hydrogens is 398 g/mol. The maximum absolute atomic E-state index is 11.4. The number of hydrogen-bond donors (Lipinski definition) is 1. The molecule has 0 amide bonds. The van der Waals surface area contributed by atoms with Gasteiger partial charge in [0.15, 0.2) is 0 Å². The van der Waals surface area contributed by atoms with Crippen molar-refractivity contribution in [2.45, 2.75) is 43.7 Å². The lowest BCUT2D eigenvalue weighted by Gasteiger charge is -2.39. The van der Waals surface area contributed by atoms with E-state index in [2.05, 4.69) is 47.1 Å². The fourth-order valence-electron chi connectivity index (χ4n) is 4.08. The first kappa shape index (κ1) is 22.7. The van der Waals surface area contributed by atoms with E-state index in [1.807, 2.05) is 0 Å². The predicted octanol–water partition coefficient (Wildman–Crippen LogP) is 3.09. The molecule has 1 unspecified atom stereocenters. The number of hydrogen-bond acceptors (Lipinski definition) is 5. The summed E-state index contributed by atoms with van der Waals surface area (Å²) in [5.74, 6) is 0.660. The lowest BCUT2D eigenvalue weighted by Crippen LogP contribution is -2.49. The van der Waals surface area contributed by atoms with Crippen LogP contribution in [0.1, 0.15) is 31.7 Å². The van der Waals surface area contributed by atoms with Gasteiger partial charge in [-0.15, -0.1) is 0 Å². The number of nitrogens with two attached hydrogens (primary N) is 1. The zero-order chi connectivity index (χ0) is 21.4. The molecule has 1 fully saturated rings. The highest BCUT2D eigenvalue weighted by molar-refractivity contribution is 7.89. The van der Waals surface area contributed by atoms with Gasteiger partial charge in [-0.3, -0.25) is 9.80 Å². The standard InChI is InChI=1S/C23H33N3O3S/c1-2-14-26(16-17-29-22-10-12-23(13-11-22)30(24,27)28)21-9-6-15-25(19-21)18-20-7-4-3-5-8-20/h3-5,7-8,10-13,21H,2,6,9,14-19H2,1H3,(H2,24,27,28). The van der Waals surface area contributed by atoms with Crippen LogP contribution in [0.15, 0.2) is 59.5 Å². The van der Waals surface area contributed by atoms with Crippen molar-refractivity contribution in [3.63, 3.8) is 0 Å². The Morgan fingerprint density at radius 3 is 2.50 bits per heavy atom. The van der Waals surface area contributed by atoms with Gasteiger partial charge in [-0.2, -0.15) is 0 Å². The van der Waals surface area contributed by atoms with Crippen LogP contribution in [0.4, 0.5) is 0 Å². The number of benzene rings is 2. The third-order valence-corrected chi connectivity index (χ3v) is 6.49. The van der Waals surface area contributed by atoms with Gasteiger partial charge in [0.2, 0.25) is 10.0 Å². The maximum atomic E-state index is 11.4. The first-order chi connectivity index (χ1) is 14.5. The molecule has 6 nitrogen and oxygen atoms in total. The summed E-state index contributed by atoms with van der Waals surface area (Å²) in [5.41, 5.74) is 1.37. The van der Waals surface area contributed by atoms with Gasteiger partial charge in [-0.05, 0) is 62.2 Å². The van der Waals surface area contributed by atoms with E-state index < -0.39 is 10.0 Å². The largest absolute Gasteiger partial charge is 0.492 e. The summed E-state index contributed by atoms with van der Waals surface area (Å²) >= 11 is 0. The summed E-state index contributed by atoms with van der Waals surface area (Å²) in [7, 11) is -3.67. The van der Waals surface area contributed by atoms with Crippen molar-refractivity contribution >= 4 is 10.0 Å². The summed E-state index contributed by atoms with van der Waals surface area (Å²) < 4.78 is 28.6. The summed E-state index contributed by atoms with van der Waals surface area (Å²) in [6.07, 6.45) is 3.54. The average Bonchev–Trinajstić information content (AvgIpc) is 2.74. The second-order valence-corrected chi connectivity index (χ2v) is 9.48. The molecule has 0 bridgehead atoms. The van der Waals surface area contributed by atoms with Crippen molar-refractivity contribution in [2.24, 2.45) is 5.14 Å². The van der Waals surface area contributed by atoms with Crippen LogP contribution in [-0.4, -0.2) is 57.0 Å². The summed E-state index contributed by atoms with van der Waals surface area (Å²) in [6, 6.07) is 17.5. The van der Waals surface area contributed by atoms with Crippen molar-refractivity contribution < 1.29 is 13.2 Å². The highest BCUT2D eigenvalue weighted by Gasteiger charge is 2.25. The second kappa shape index (κ2) is 10.9. The zero-order valence-electron chi connectivity index (χ0n) is 17.7. The van der Waals surface area contributed by atoms with Gasteiger partial charge in [-0.1, -0.05) is 37.3 Å². The van der Waals surface area contributed by atoms with E-state index >= 15 is 0 Å². The molecule has 30 heavy (non-hydrogen) atoms. The first-order valence-electron chi connectivity index (χ1n) is 10.7. The molecule has 1 heterocycles. The summed E-state index contributed by atoms with van der Waals surface area (Å²) in [4.78, 5) is 5.19. The van der Waals surface area contributed by atoms with Crippen molar-refractivity contribution in [1.29, 1.82) is 0 Å². The Labute approximate surface area is 180 Å². The lowest BCUT2D eigenvalue weighted by atomic mass is 10.0. The topological polar surface area (TPSA) is 75.9 Å². The highest BCUT2D eigenvalue weighted by Crippen LogP contribution is 2.19. The zero-order valence-corrected chi connectivity index (χ0v) is 18.6. The Balaban J connectivity index is 1.52. The number of primary sulfonamides is 1. The summed E-state index contributed by atoms with van der Waals surface area (Å²) in [5, 5.41) is 5.14. The molecule has 1 aliphatic rings. The minimum Gasteiger partial charge on any atom is -0.492 e. The number of ether oxygens (including phenoxy) is 1. The van der Waals surface area contributed by atoms with Crippen molar-refractivity contribution in [3.8, 4) is 5.75 Å². The number of nitrogens with zero attached hydrogens (tertiary/aromatic N) is 2. The molecule has 1 saturated heterocycles. The van der Waals surface area contributed by atoms with Crippen LogP contribution in [0.5, 0.6) is 5.75 Å². The van der Waals surface area contributed by atoms with Gasteiger partial charge in [0.1, 0.15) is 12.4 Å². The molecule has 164 valence electrons. The molecular formula is C23H33N3O3S. The molecule has 0 spiro atoms. The van der Waals surface area contributed by atoms with Crippen LogP contribution >= 0.6 is 0 Å². The molecule has 1 atom stereocenters. The van der Waals surface area contributed by atoms with Gasteiger partial charge < -0.3 is 4.74 Å². The third-order valence-electron chi connectivity index (χ3n) is 5.56. The van der Waals surface area contributed by atoms with E-state index in [0.717, 1.165) is 39.1 Å². The molecule has 3 rings (SSSR count). The quantitative estimate of drug-likeness (QED) is 0.626. The minimum absolute atomic E-state index is 0.100. The van der Waals surface area contributed by atoms with Crippen LogP contribution in [0.25, 0.3) is 0 Å². The molecule has 7 heteroatoms. The molecule has 0 radical (unpaired) electrons. The van der Waals surface area contributed by atoms with E-state index in [0.29, 0.717) is 18.4 Å². The Morgan fingerprint density at radius 2 is 1.83 bits per heavy atom. The first-order valence-corrected chi connectivity index (χ1v) is 12.3. The van der Waals surface area contributed by atoms with E-state index in [1.54, 1.807) is 12.1 Å². The van der Waals surface area contributed by atoms with Crippen molar-refractivity contribution in [3.05, 3.63) is 60.2 Å². The fraction of sp³-hybridized carbons (Fsp3) is 0.478. The fourth-order valence-corrected chi connectivity index (χ4v) is 4.60. The van der Waals surface area contributed by atoms with Crippen molar-refractivity contribution in [1.82, 2.24) is 9.80 Å². The Kier molecular flexibility index (Phi) is 8.27. The van der Waals surface area contributed by atoms with E-state index in [4.69, 9.17) is 9.88 Å². The molecule has 0 saturated carbocycles. The minimum atomic E-state index is -3.67. The van der Waals surface area contributed by atoms with E-state index in [1.165, 1.54) is 30.5 Å². The van der Waals surface area contributed by atoms with Crippen LogP contribution in [0.2, 0.25) is 0 Å². The molecule has 1 aliphatic heterocycles. The Morgan fingerprint density at radius 1 is 1.10 bits per heavy atom. The van der Waals surface area contributed by atoms with Gasteiger partial charge >= 0.3 is 0 Å². The number of sulfonamides is 1. The van der Waals surface area contributed by atoms with Gasteiger partial charge in [0.25, 0.3) is 0 Å². The van der Waals surface area contributed by atoms with Gasteiger partial charge in [-0.25, -0.2) is 13.6 Å². The van der Waals surface area contributed by atoms with Crippen LogP contribution < -0.4 is 9.88 Å². The molecule has 2 aromatic carbocycles. The normalized spacial score (nSPS) is 17.9. The Bertz CT molecular complexity index is 872. The second-order valence-electron chi connectivity index (χ2n) is 7.92. The average molecular weight is 432 g/mol. The van der Waals surface area contributed by atoms with E-state index in [9.17, 15) is 8.42 Å². The molecule has 2 N–H and O–H groups in total. The van der Waals surface area contributed by atoms with Crippen molar-refractivity contribution in [2.75, 3.05) is 32.8 Å².